The number of carboxylic acid groups (broad SMARTS) is 1. The van der Waals surface area contributed by atoms with Gasteiger partial charge in [-0.05, 0) is 48.8 Å². The predicted octanol–water partition coefficient (Wildman–Crippen LogP) is 2.93. The first kappa shape index (κ1) is 12.9. The van der Waals surface area contributed by atoms with Crippen molar-refractivity contribution in [1.29, 1.82) is 0 Å². The van der Waals surface area contributed by atoms with Gasteiger partial charge in [0.25, 0.3) is 0 Å². The Hall–Kier alpha value is -1.06. The lowest BCUT2D eigenvalue weighted by molar-refractivity contribution is -0.144. The molecule has 1 aromatic carbocycles. The van der Waals surface area contributed by atoms with Crippen molar-refractivity contribution in [3.8, 4) is 0 Å². The summed E-state index contributed by atoms with van der Waals surface area (Å²) in [5, 5.41) is 13.6. The average molecular weight is 280 g/mol. The highest BCUT2D eigenvalue weighted by molar-refractivity contribution is 6.30. The van der Waals surface area contributed by atoms with Gasteiger partial charge in [0.15, 0.2) is 0 Å². The lowest BCUT2D eigenvalue weighted by Gasteiger charge is -2.29. The van der Waals surface area contributed by atoms with Crippen LogP contribution in [0.1, 0.15) is 24.8 Å². The van der Waals surface area contributed by atoms with Crippen LogP contribution in [0.25, 0.3) is 0 Å². The number of benzene rings is 1. The third-order valence-electron chi connectivity index (χ3n) is 4.66. The van der Waals surface area contributed by atoms with E-state index in [4.69, 9.17) is 11.6 Å². The maximum absolute atomic E-state index is 11.4. The van der Waals surface area contributed by atoms with Crippen molar-refractivity contribution >= 4 is 17.6 Å². The van der Waals surface area contributed by atoms with Crippen LogP contribution in [0, 0.1) is 17.8 Å². The van der Waals surface area contributed by atoms with Gasteiger partial charge in [0, 0.05) is 17.6 Å². The Morgan fingerprint density at radius 1 is 1.26 bits per heavy atom. The van der Waals surface area contributed by atoms with E-state index in [2.05, 4.69) is 5.32 Å². The fraction of sp³-hybridized carbons (Fsp3) is 0.533. The zero-order valence-corrected chi connectivity index (χ0v) is 11.4. The highest BCUT2D eigenvalue weighted by atomic mass is 35.5. The lowest BCUT2D eigenvalue weighted by atomic mass is 9.84. The Morgan fingerprint density at radius 3 is 2.63 bits per heavy atom. The molecule has 1 aromatic rings. The Morgan fingerprint density at radius 2 is 1.95 bits per heavy atom. The highest BCUT2D eigenvalue weighted by Crippen LogP contribution is 2.48. The van der Waals surface area contributed by atoms with Crippen molar-refractivity contribution in [2.24, 2.45) is 17.8 Å². The summed E-state index contributed by atoms with van der Waals surface area (Å²) >= 11 is 5.86. The average Bonchev–Trinajstić information content (AvgIpc) is 2.98. The molecule has 0 amide bonds. The molecule has 2 aliphatic rings. The van der Waals surface area contributed by atoms with Gasteiger partial charge in [0.1, 0.15) is 0 Å². The van der Waals surface area contributed by atoms with Crippen LogP contribution in [0.2, 0.25) is 5.02 Å². The number of aliphatic carboxylic acids is 1. The summed E-state index contributed by atoms with van der Waals surface area (Å²) in [6, 6.07) is 7.84. The largest absolute Gasteiger partial charge is 0.481 e. The van der Waals surface area contributed by atoms with E-state index < -0.39 is 5.97 Å². The predicted molar refractivity (Wildman–Crippen MR) is 74.0 cm³/mol. The maximum Gasteiger partial charge on any atom is 0.308 e. The third-order valence-corrected chi connectivity index (χ3v) is 4.91. The number of halogens is 1. The molecule has 0 saturated heterocycles. The molecule has 0 heterocycles. The SMILES string of the molecule is O=C(O)C1C2CCC(C2)C1NCc1ccc(Cl)cc1. The van der Waals surface area contributed by atoms with Crippen LogP contribution in [0.4, 0.5) is 0 Å². The van der Waals surface area contributed by atoms with Gasteiger partial charge in [0.2, 0.25) is 0 Å². The van der Waals surface area contributed by atoms with Crippen molar-refractivity contribution in [2.45, 2.75) is 31.8 Å². The topological polar surface area (TPSA) is 49.3 Å². The summed E-state index contributed by atoms with van der Waals surface area (Å²) < 4.78 is 0. The van der Waals surface area contributed by atoms with E-state index in [1.54, 1.807) is 0 Å². The number of rotatable bonds is 4. The van der Waals surface area contributed by atoms with Crippen molar-refractivity contribution < 1.29 is 9.90 Å². The number of carbonyl (C=O) groups is 1. The second-order valence-electron chi connectivity index (χ2n) is 5.73. The van der Waals surface area contributed by atoms with E-state index in [9.17, 15) is 9.90 Å². The second kappa shape index (κ2) is 5.14. The number of fused-ring (bicyclic) bond motifs is 2. The standard InChI is InChI=1S/C15H18ClNO2/c16-12-5-1-9(2-6-12)8-17-14-11-4-3-10(7-11)13(14)15(18)19/h1-2,5-6,10-11,13-14,17H,3-4,7-8H2,(H,18,19). The van der Waals surface area contributed by atoms with Crippen LogP contribution in [0.15, 0.2) is 24.3 Å². The van der Waals surface area contributed by atoms with Crippen LogP contribution in [0.3, 0.4) is 0 Å². The maximum atomic E-state index is 11.4. The van der Waals surface area contributed by atoms with E-state index in [-0.39, 0.29) is 12.0 Å². The molecule has 0 aliphatic heterocycles. The molecule has 2 N–H and O–H groups in total. The van der Waals surface area contributed by atoms with Crippen molar-refractivity contribution in [1.82, 2.24) is 5.32 Å². The second-order valence-corrected chi connectivity index (χ2v) is 6.17. The van der Waals surface area contributed by atoms with Gasteiger partial charge in [0.05, 0.1) is 5.92 Å². The van der Waals surface area contributed by atoms with Gasteiger partial charge >= 0.3 is 5.97 Å². The molecule has 3 nitrogen and oxygen atoms in total. The summed E-state index contributed by atoms with van der Waals surface area (Å²) in [6.07, 6.45) is 3.34. The van der Waals surface area contributed by atoms with Gasteiger partial charge < -0.3 is 10.4 Å². The van der Waals surface area contributed by atoms with Crippen LogP contribution < -0.4 is 5.32 Å². The smallest absolute Gasteiger partial charge is 0.308 e. The molecule has 0 spiro atoms. The third kappa shape index (κ3) is 2.49. The zero-order chi connectivity index (χ0) is 13.4. The van der Waals surface area contributed by atoms with Crippen molar-refractivity contribution in [2.75, 3.05) is 0 Å². The number of hydrogen-bond donors (Lipinski definition) is 2. The van der Waals surface area contributed by atoms with Crippen molar-refractivity contribution in [3.05, 3.63) is 34.9 Å². The quantitative estimate of drug-likeness (QED) is 0.891. The molecule has 4 heteroatoms. The molecule has 4 unspecified atom stereocenters. The lowest BCUT2D eigenvalue weighted by Crippen LogP contribution is -2.43. The number of carboxylic acids is 1. The fourth-order valence-corrected chi connectivity index (χ4v) is 3.90. The van der Waals surface area contributed by atoms with Gasteiger partial charge in [-0.1, -0.05) is 23.7 Å². The molecule has 2 fully saturated rings. The molecule has 102 valence electrons. The molecule has 4 atom stereocenters. The molecule has 2 saturated carbocycles. The Bertz CT molecular complexity index is 474. The van der Waals surface area contributed by atoms with Crippen LogP contribution >= 0.6 is 11.6 Å². The fourth-order valence-electron chi connectivity index (χ4n) is 3.78. The first-order valence-electron chi connectivity index (χ1n) is 6.86. The Labute approximate surface area is 118 Å². The van der Waals surface area contributed by atoms with Crippen molar-refractivity contribution in [3.63, 3.8) is 0 Å². The van der Waals surface area contributed by atoms with E-state index in [0.717, 1.165) is 30.0 Å². The first-order chi connectivity index (χ1) is 9.15. The van der Waals surface area contributed by atoms with Gasteiger partial charge in [-0.3, -0.25) is 4.79 Å². The molecule has 0 aromatic heterocycles. The van der Waals surface area contributed by atoms with Crippen LogP contribution in [-0.2, 0) is 11.3 Å². The molecule has 0 radical (unpaired) electrons. The summed E-state index contributed by atoms with van der Waals surface area (Å²) in [4.78, 5) is 11.4. The van der Waals surface area contributed by atoms with Crippen LogP contribution in [-0.4, -0.2) is 17.1 Å². The summed E-state index contributed by atoms with van der Waals surface area (Å²) in [5.41, 5.74) is 1.15. The minimum Gasteiger partial charge on any atom is -0.481 e. The zero-order valence-electron chi connectivity index (χ0n) is 10.7. The minimum absolute atomic E-state index is 0.131. The van der Waals surface area contributed by atoms with E-state index in [1.165, 1.54) is 6.42 Å². The van der Waals surface area contributed by atoms with Gasteiger partial charge in [-0.25, -0.2) is 0 Å². The summed E-state index contributed by atoms with van der Waals surface area (Å²) in [6.45, 7) is 0.717. The number of nitrogens with one attached hydrogen (secondary N) is 1. The van der Waals surface area contributed by atoms with E-state index >= 15 is 0 Å². The summed E-state index contributed by atoms with van der Waals surface area (Å²) in [5.74, 6) is 0.0791. The molecular weight excluding hydrogens is 262 g/mol. The number of hydrogen-bond acceptors (Lipinski definition) is 2. The van der Waals surface area contributed by atoms with Gasteiger partial charge in [-0.2, -0.15) is 0 Å². The summed E-state index contributed by atoms with van der Waals surface area (Å²) in [7, 11) is 0. The normalized spacial score (nSPS) is 32.7. The first-order valence-corrected chi connectivity index (χ1v) is 7.23. The Balaban J connectivity index is 1.65. The van der Waals surface area contributed by atoms with Gasteiger partial charge in [-0.15, -0.1) is 0 Å². The van der Waals surface area contributed by atoms with E-state index in [0.29, 0.717) is 11.8 Å². The highest BCUT2D eigenvalue weighted by Gasteiger charge is 2.50. The van der Waals surface area contributed by atoms with Crippen LogP contribution in [0.5, 0.6) is 0 Å². The Kier molecular flexibility index (Phi) is 3.50. The molecule has 2 bridgehead atoms. The molecule has 19 heavy (non-hydrogen) atoms. The molecule has 3 rings (SSSR count). The minimum atomic E-state index is -0.638. The molecule has 2 aliphatic carbocycles. The molecular formula is C15H18ClNO2. The van der Waals surface area contributed by atoms with E-state index in [1.807, 2.05) is 24.3 Å². The monoisotopic (exact) mass is 279 g/mol.